The monoisotopic (exact) mass is 477 g/mol. The second kappa shape index (κ2) is 8.60. The van der Waals surface area contributed by atoms with Gasteiger partial charge in [-0.2, -0.15) is 0 Å². The van der Waals surface area contributed by atoms with Crippen LogP contribution >= 0.6 is 11.6 Å². The Morgan fingerprint density at radius 1 is 1.03 bits per heavy atom. The fourth-order valence-corrected chi connectivity index (χ4v) is 4.01. The fourth-order valence-electron chi connectivity index (χ4n) is 3.78. The largest absolute Gasteiger partial charge is 0.383 e. The van der Waals surface area contributed by atoms with Gasteiger partial charge in [0, 0.05) is 41.5 Å². The molecule has 9 nitrogen and oxygen atoms in total. The quantitative estimate of drug-likeness (QED) is 0.435. The van der Waals surface area contributed by atoms with Crippen LogP contribution in [0.4, 0.5) is 11.5 Å². The molecule has 0 bridgehead atoms. The summed E-state index contributed by atoms with van der Waals surface area (Å²) in [5.41, 5.74) is 6.24. The van der Waals surface area contributed by atoms with Crippen molar-refractivity contribution in [2.24, 2.45) is 14.1 Å². The molecule has 0 saturated carbocycles. The Balaban J connectivity index is 2.06. The smallest absolute Gasteiger partial charge is 0.332 e. The van der Waals surface area contributed by atoms with Gasteiger partial charge in [0.25, 0.3) is 11.5 Å². The first kappa shape index (κ1) is 22.9. The summed E-state index contributed by atoms with van der Waals surface area (Å²) >= 11 is 6.46. The zero-order valence-corrected chi connectivity index (χ0v) is 19.3. The number of fused-ring (bicyclic) bond motifs is 1. The maximum absolute atomic E-state index is 13.5. The zero-order valence-electron chi connectivity index (χ0n) is 18.5. The van der Waals surface area contributed by atoms with Crippen molar-refractivity contribution in [1.29, 1.82) is 0 Å². The van der Waals surface area contributed by atoms with Gasteiger partial charge in [0.1, 0.15) is 5.82 Å². The molecule has 3 N–H and O–H groups in total. The van der Waals surface area contributed by atoms with Crippen LogP contribution in [0.5, 0.6) is 0 Å². The van der Waals surface area contributed by atoms with Crippen LogP contribution in [0.2, 0.25) is 5.02 Å². The van der Waals surface area contributed by atoms with Crippen LogP contribution in [0.1, 0.15) is 27.6 Å². The first-order chi connectivity index (χ1) is 16.1. The molecule has 10 heteroatoms. The average Bonchev–Trinajstić information content (AvgIpc) is 2.81. The third-order valence-electron chi connectivity index (χ3n) is 5.51. The van der Waals surface area contributed by atoms with Gasteiger partial charge in [-0.3, -0.25) is 23.5 Å². The number of benzene rings is 2. The zero-order chi connectivity index (χ0) is 24.7. The second-order valence-electron chi connectivity index (χ2n) is 7.72. The van der Waals surface area contributed by atoms with Gasteiger partial charge in [-0.1, -0.05) is 41.9 Å². The number of anilines is 2. The highest BCUT2D eigenvalue weighted by Crippen LogP contribution is 2.36. The molecule has 0 radical (unpaired) electrons. The van der Waals surface area contributed by atoms with Crippen LogP contribution in [0.3, 0.4) is 0 Å². The lowest BCUT2D eigenvalue weighted by Gasteiger charge is -2.17. The topological polar surface area (TPSA) is 129 Å². The predicted molar refractivity (Wildman–Crippen MR) is 131 cm³/mol. The number of Topliss-reactive ketones (excluding diaryl/α,β-unsaturated/α-hetero) is 1. The lowest BCUT2D eigenvalue weighted by Crippen LogP contribution is -2.38. The van der Waals surface area contributed by atoms with Crippen molar-refractivity contribution in [3.05, 3.63) is 85.5 Å². The highest BCUT2D eigenvalue weighted by atomic mass is 35.5. The molecular weight excluding hydrogens is 458 g/mol. The van der Waals surface area contributed by atoms with Crippen LogP contribution in [-0.4, -0.2) is 25.8 Å². The number of nitrogen functional groups attached to an aromatic ring is 1. The number of ketones is 1. The molecule has 2 aromatic carbocycles. The number of nitrogens with zero attached hydrogens (tertiary/aromatic N) is 3. The fraction of sp³-hybridized carbons (Fsp3) is 0.125. The van der Waals surface area contributed by atoms with Crippen LogP contribution in [0, 0.1) is 0 Å². The molecule has 0 aliphatic carbocycles. The number of hydrogen-bond acceptors (Lipinski definition) is 6. The second-order valence-corrected chi connectivity index (χ2v) is 8.13. The molecular formula is C24H20ClN5O4. The summed E-state index contributed by atoms with van der Waals surface area (Å²) in [5.74, 6) is -1.01. The van der Waals surface area contributed by atoms with E-state index in [1.807, 2.05) is 0 Å². The average molecular weight is 478 g/mol. The van der Waals surface area contributed by atoms with Crippen molar-refractivity contribution in [2.45, 2.75) is 6.92 Å². The Morgan fingerprint density at radius 3 is 2.41 bits per heavy atom. The van der Waals surface area contributed by atoms with E-state index in [2.05, 4.69) is 10.3 Å². The lowest BCUT2D eigenvalue weighted by atomic mass is 9.96. The van der Waals surface area contributed by atoms with Crippen molar-refractivity contribution in [3.8, 4) is 11.1 Å². The highest BCUT2D eigenvalue weighted by molar-refractivity contribution is 6.34. The molecule has 172 valence electrons. The maximum atomic E-state index is 13.5. The molecule has 2 aromatic heterocycles. The van der Waals surface area contributed by atoms with Crippen molar-refractivity contribution in [3.63, 3.8) is 0 Å². The normalized spacial score (nSPS) is 10.9. The first-order valence-corrected chi connectivity index (χ1v) is 10.6. The molecule has 34 heavy (non-hydrogen) atoms. The minimum absolute atomic E-state index is 0.0227. The van der Waals surface area contributed by atoms with Gasteiger partial charge in [-0.15, -0.1) is 0 Å². The standard InChI is InChI=1S/C24H20ClN5O4/c1-12(31)13-7-6-8-14(11-13)27-22(32)18-17(15-9-4-5-10-16(15)25)19-21(28-20(18)26)29(2)24(34)30(3)23(19)33/h4-11H,1-3H3,(H2,26,28)(H,27,32). The minimum atomic E-state index is -0.654. The molecule has 4 aromatic rings. The number of aromatic nitrogens is 3. The van der Waals surface area contributed by atoms with E-state index in [-0.39, 0.29) is 38.8 Å². The third-order valence-corrected chi connectivity index (χ3v) is 5.84. The minimum Gasteiger partial charge on any atom is -0.383 e. The summed E-state index contributed by atoms with van der Waals surface area (Å²) in [5, 5.41) is 3.02. The van der Waals surface area contributed by atoms with Gasteiger partial charge in [-0.25, -0.2) is 9.78 Å². The number of carbonyl (C=O) groups excluding carboxylic acids is 2. The van der Waals surface area contributed by atoms with E-state index < -0.39 is 17.2 Å². The van der Waals surface area contributed by atoms with E-state index in [4.69, 9.17) is 17.3 Å². The first-order valence-electron chi connectivity index (χ1n) is 10.2. The molecule has 0 aliphatic rings. The summed E-state index contributed by atoms with van der Waals surface area (Å²) in [6.45, 7) is 1.42. The maximum Gasteiger partial charge on any atom is 0.332 e. The third kappa shape index (κ3) is 3.75. The Bertz CT molecular complexity index is 1620. The van der Waals surface area contributed by atoms with Gasteiger partial charge in [0.15, 0.2) is 11.4 Å². The Labute approximate surface area is 198 Å². The van der Waals surface area contributed by atoms with Crippen molar-refractivity contribution < 1.29 is 9.59 Å². The van der Waals surface area contributed by atoms with Gasteiger partial charge >= 0.3 is 5.69 Å². The molecule has 0 fully saturated rings. The summed E-state index contributed by atoms with van der Waals surface area (Å²) in [6.07, 6.45) is 0. The van der Waals surface area contributed by atoms with E-state index in [0.29, 0.717) is 16.8 Å². The molecule has 1 amide bonds. The summed E-state index contributed by atoms with van der Waals surface area (Å²) < 4.78 is 2.12. The number of nitrogens with two attached hydrogens (primary N) is 1. The molecule has 0 spiro atoms. The Kier molecular flexibility index (Phi) is 5.80. The number of pyridine rings is 1. The summed E-state index contributed by atoms with van der Waals surface area (Å²) in [4.78, 5) is 55.2. The molecule has 0 aliphatic heterocycles. The number of halogens is 1. The van der Waals surface area contributed by atoms with Gasteiger partial charge in [0.2, 0.25) is 0 Å². The number of nitrogens with one attached hydrogen (secondary N) is 1. The van der Waals surface area contributed by atoms with Crippen LogP contribution in [0.15, 0.2) is 58.1 Å². The Hall–Kier alpha value is -4.24. The van der Waals surface area contributed by atoms with E-state index >= 15 is 0 Å². The molecule has 4 rings (SSSR count). The van der Waals surface area contributed by atoms with Gasteiger partial charge in [-0.05, 0) is 25.1 Å². The molecule has 0 unspecified atom stereocenters. The SMILES string of the molecule is CC(=O)c1cccc(NC(=O)c2c(N)nc3c(c2-c2ccccc2Cl)c(=O)n(C)c(=O)n3C)c1. The van der Waals surface area contributed by atoms with Crippen LogP contribution < -0.4 is 22.3 Å². The van der Waals surface area contributed by atoms with E-state index in [1.165, 1.54) is 31.7 Å². The number of carbonyl (C=O) groups is 2. The molecule has 0 atom stereocenters. The van der Waals surface area contributed by atoms with E-state index in [9.17, 15) is 19.2 Å². The Morgan fingerprint density at radius 2 is 1.74 bits per heavy atom. The highest BCUT2D eigenvalue weighted by Gasteiger charge is 2.26. The summed E-state index contributed by atoms with van der Waals surface area (Å²) in [7, 11) is 2.80. The van der Waals surface area contributed by atoms with Gasteiger partial charge < -0.3 is 11.1 Å². The van der Waals surface area contributed by atoms with E-state index in [1.54, 1.807) is 42.5 Å². The van der Waals surface area contributed by atoms with Crippen molar-refractivity contribution in [1.82, 2.24) is 14.1 Å². The van der Waals surface area contributed by atoms with Crippen LogP contribution in [0.25, 0.3) is 22.2 Å². The van der Waals surface area contributed by atoms with E-state index in [0.717, 1.165) is 4.57 Å². The number of amides is 1. The predicted octanol–water partition coefficient (Wildman–Crippen LogP) is 2.99. The number of rotatable bonds is 4. The van der Waals surface area contributed by atoms with Gasteiger partial charge in [0.05, 0.1) is 10.9 Å². The molecule has 0 saturated heterocycles. The van der Waals surface area contributed by atoms with Crippen LogP contribution in [-0.2, 0) is 14.1 Å². The molecule has 2 heterocycles. The summed E-state index contributed by atoms with van der Waals surface area (Å²) in [6, 6.07) is 13.1. The number of aryl methyl sites for hydroxylation is 1. The van der Waals surface area contributed by atoms with Crippen molar-refractivity contribution >= 4 is 45.8 Å². The van der Waals surface area contributed by atoms with Crippen molar-refractivity contribution in [2.75, 3.05) is 11.1 Å². The number of hydrogen-bond donors (Lipinski definition) is 2. The lowest BCUT2D eigenvalue weighted by molar-refractivity contribution is 0.101.